The first-order valence-electron chi connectivity index (χ1n) is 5.44. The Morgan fingerprint density at radius 1 is 1.16 bits per heavy atom. The van der Waals surface area contributed by atoms with Gasteiger partial charge >= 0.3 is 0 Å². The number of carbonyl (C=O) groups excluding carboxylic acids is 1. The largest absolute Gasteiger partial charge is 0.323 e. The maximum Gasteiger partial charge on any atom is 0.257 e. The number of hydrazine groups is 1. The molecule has 6 heteroatoms. The smallest absolute Gasteiger partial charge is 0.257 e. The van der Waals surface area contributed by atoms with Crippen LogP contribution in [0, 0.1) is 5.82 Å². The van der Waals surface area contributed by atoms with E-state index in [9.17, 15) is 9.18 Å². The van der Waals surface area contributed by atoms with Crippen LogP contribution in [0.2, 0.25) is 5.02 Å². The lowest BCUT2D eigenvalue weighted by molar-refractivity contribution is 0.102. The maximum absolute atomic E-state index is 13.6. The predicted octanol–water partition coefficient (Wildman–Crippen LogP) is 3.02. The number of benzene rings is 2. The summed E-state index contributed by atoms with van der Waals surface area (Å²) in [4.78, 5) is 12.1. The van der Waals surface area contributed by atoms with Gasteiger partial charge in [-0.3, -0.25) is 10.6 Å². The lowest BCUT2D eigenvalue weighted by atomic mass is 10.1. The van der Waals surface area contributed by atoms with Gasteiger partial charge in [0.1, 0.15) is 5.82 Å². The van der Waals surface area contributed by atoms with E-state index < -0.39 is 11.7 Å². The lowest BCUT2D eigenvalue weighted by Gasteiger charge is -2.11. The van der Waals surface area contributed by atoms with Gasteiger partial charge in [-0.2, -0.15) is 0 Å². The Kier molecular flexibility index (Phi) is 3.99. The summed E-state index contributed by atoms with van der Waals surface area (Å²) in [5.74, 6) is 4.21. The van der Waals surface area contributed by atoms with E-state index in [-0.39, 0.29) is 10.7 Å². The van der Waals surface area contributed by atoms with Crippen molar-refractivity contribution in [3.8, 4) is 0 Å². The number of carbonyl (C=O) groups is 1. The molecule has 0 unspecified atom stereocenters. The molecule has 0 bridgehead atoms. The molecule has 0 aliphatic rings. The van der Waals surface area contributed by atoms with Crippen molar-refractivity contribution in [1.82, 2.24) is 0 Å². The minimum Gasteiger partial charge on any atom is -0.323 e. The summed E-state index contributed by atoms with van der Waals surface area (Å²) in [6.07, 6.45) is 0. The van der Waals surface area contributed by atoms with E-state index in [4.69, 9.17) is 17.4 Å². The first kappa shape index (κ1) is 13.3. The number of para-hydroxylation sites is 2. The van der Waals surface area contributed by atoms with Gasteiger partial charge in [-0.15, -0.1) is 0 Å². The second-order valence-corrected chi connectivity index (χ2v) is 4.15. The first-order valence-corrected chi connectivity index (χ1v) is 5.82. The van der Waals surface area contributed by atoms with E-state index in [2.05, 4.69) is 10.7 Å². The Morgan fingerprint density at radius 2 is 1.89 bits per heavy atom. The summed E-state index contributed by atoms with van der Waals surface area (Å²) in [5, 5.41) is 2.56. The van der Waals surface area contributed by atoms with E-state index in [0.717, 1.165) is 0 Å². The van der Waals surface area contributed by atoms with Crippen LogP contribution in [0.15, 0.2) is 42.5 Å². The molecule has 4 nitrogen and oxygen atoms in total. The van der Waals surface area contributed by atoms with Gasteiger partial charge < -0.3 is 10.7 Å². The molecule has 1 amide bonds. The summed E-state index contributed by atoms with van der Waals surface area (Å²) in [7, 11) is 0. The zero-order valence-electron chi connectivity index (χ0n) is 9.78. The molecule has 0 aromatic heterocycles. The van der Waals surface area contributed by atoms with Gasteiger partial charge in [0.2, 0.25) is 0 Å². The number of hydrogen-bond donors (Lipinski definition) is 3. The highest BCUT2D eigenvalue weighted by Crippen LogP contribution is 2.26. The predicted molar refractivity (Wildman–Crippen MR) is 73.6 cm³/mol. The van der Waals surface area contributed by atoms with Gasteiger partial charge in [0.05, 0.1) is 22.0 Å². The van der Waals surface area contributed by atoms with Gasteiger partial charge in [-0.1, -0.05) is 29.8 Å². The molecule has 0 spiro atoms. The average Bonchev–Trinajstić information content (AvgIpc) is 2.42. The van der Waals surface area contributed by atoms with Crippen LogP contribution in [0.25, 0.3) is 0 Å². The Balaban J connectivity index is 2.31. The fourth-order valence-corrected chi connectivity index (χ4v) is 1.82. The summed E-state index contributed by atoms with van der Waals surface area (Å²) in [6.45, 7) is 0. The van der Waals surface area contributed by atoms with E-state index in [0.29, 0.717) is 11.3 Å². The molecule has 0 heterocycles. The zero-order chi connectivity index (χ0) is 13.8. The number of anilines is 2. The molecule has 0 atom stereocenters. The van der Waals surface area contributed by atoms with Crippen molar-refractivity contribution in [3.63, 3.8) is 0 Å². The van der Waals surface area contributed by atoms with Crippen LogP contribution in [0.3, 0.4) is 0 Å². The number of hydrogen-bond acceptors (Lipinski definition) is 3. The van der Waals surface area contributed by atoms with Crippen molar-refractivity contribution in [2.75, 3.05) is 10.7 Å². The molecule has 2 aromatic rings. The highest BCUT2D eigenvalue weighted by Gasteiger charge is 2.14. The van der Waals surface area contributed by atoms with E-state index in [1.54, 1.807) is 24.3 Å². The Labute approximate surface area is 114 Å². The molecule has 0 fully saturated rings. The number of halogens is 2. The van der Waals surface area contributed by atoms with Crippen LogP contribution in [0.5, 0.6) is 0 Å². The number of nitrogen functional groups attached to an aromatic ring is 1. The molecular weight excluding hydrogens is 269 g/mol. The third-order valence-corrected chi connectivity index (χ3v) is 2.84. The van der Waals surface area contributed by atoms with Crippen molar-refractivity contribution in [2.45, 2.75) is 0 Å². The molecule has 0 aliphatic carbocycles. The van der Waals surface area contributed by atoms with Crippen LogP contribution >= 0.6 is 11.6 Å². The van der Waals surface area contributed by atoms with E-state index in [1.165, 1.54) is 18.2 Å². The van der Waals surface area contributed by atoms with Crippen LogP contribution in [0.4, 0.5) is 15.8 Å². The molecule has 0 saturated carbocycles. The molecule has 2 rings (SSSR count). The van der Waals surface area contributed by atoms with Crippen molar-refractivity contribution >= 4 is 28.9 Å². The lowest BCUT2D eigenvalue weighted by Crippen LogP contribution is -2.17. The van der Waals surface area contributed by atoms with Crippen LogP contribution < -0.4 is 16.6 Å². The van der Waals surface area contributed by atoms with Crippen molar-refractivity contribution < 1.29 is 9.18 Å². The molecule has 0 saturated heterocycles. The van der Waals surface area contributed by atoms with E-state index >= 15 is 0 Å². The molecule has 0 aliphatic heterocycles. The molecule has 2 aromatic carbocycles. The third-order valence-electron chi connectivity index (χ3n) is 2.53. The van der Waals surface area contributed by atoms with Gasteiger partial charge in [0.15, 0.2) is 0 Å². The SMILES string of the molecule is NNc1ccccc1C(=O)Nc1c(F)cccc1Cl. The zero-order valence-corrected chi connectivity index (χ0v) is 10.5. The minimum absolute atomic E-state index is 0.0546. The van der Waals surface area contributed by atoms with Gasteiger partial charge in [-0.05, 0) is 24.3 Å². The molecule has 4 N–H and O–H groups in total. The van der Waals surface area contributed by atoms with Crippen LogP contribution in [0.1, 0.15) is 10.4 Å². The summed E-state index contributed by atoms with van der Waals surface area (Å²) < 4.78 is 13.6. The van der Waals surface area contributed by atoms with Gasteiger partial charge in [0.25, 0.3) is 5.91 Å². The van der Waals surface area contributed by atoms with Crippen molar-refractivity contribution in [1.29, 1.82) is 0 Å². The topological polar surface area (TPSA) is 67.1 Å². The maximum atomic E-state index is 13.6. The number of rotatable bonds is 3. The fraction of sp³-hybridized carbons (Fsp3) is 0. The molecule has 19 heavy (non-hydrogen) atoms. The summed E-state index contributed by atoms with van der Waals surface area (Å²) in [6, 6.07) is 10.8. The Morgan fingerprint density at radius 3 is 2.58 bits per heavy atom. The normalized spacial score (nSPS) is 10.1. The minimum atomic E-state index is -0.598. The van der Waals surface area contributed by atoms with Crippen LogP contribution in [-0.2, 0) is 0 Å². The summed E-state index contributed by atoms with van der Waals surface area (Å²) in [5.41, 5.74) is 3.08. The second-order valence-electron chi connectivity index (χ2n) is 3.74. The van der Waals surface area contributed by atoms with Gasteiger partial charge in [-0.25, -0.2) is 4.39 Å². The van der Waals surface area contributed by atoms with E-state index in [1.807, 2.05) is 0 Å². The Hall–Kier alpha value is -2.11. The number of amides is 1. The second kappa shape index (κ2) is 5.69. The average molecular weight is 280 g/mol. The van der Waals surface area contributed by atoms with Crippen molar-refractivity contribution in [2.24, 2.45) is 5.84 Å². The highest BCUT2D eigenvalue weighted by molar-refractivity contribution is 6.34. The fourth-order valence-electron chi connectivity index (χ4n) is 1.61. The Bertz CT molecular complexity index is 598. The first-order chi connectivity index (χ1) is 9.13. The number of nitrogens with one attached hydrogen (secondary N) is 2. The highest BCUT2D eigenvalue weighted by atomic mass is 35.5. The quantitative estimate of drug-likeness (QED) is 0.598. The van der Waals surface area contributed by atoms with Crippen LogP contribution in [-0.4, -0.2) is 5.91 Å². The van der Waals surface area contributed by atoms with Gasteiger partial charge in [0, 0.05) is 0 Å². The standard InChI is InChI=1S/C13H11ClFN3O/c14-9-5-3-6-10(15)12(9)17-13(19)8-4-1-2-7-11(8)18-16/h1-7,18H,16H2,(H,17,19). The number of nitrogens with two attached hydrogens (primary N) is 1. The molecule has 0 radical (unpaired) electrons. The molecular formula is C13H11ClFN3O. The van der Waals surface area contributed by atoms with Crippen molar-refractivity contribution in [3.05, 3.63) is 58.9 Å². The third kappa shape index (κ3) is 2.83. The molecule has 98 valence electrons. The summed E-state index contributed by atoms with van der Waals surface area (Å²) >= 11 is 5.84. The monoisotopic (exact) mass is 279 g/mol.